The second-order valence-electron chi connectivity index (χ2n) is 5.52. The van der Waals surface area contributed by atoms with Crippen molar-refractivity contribution in [3.8, 4) is 5.69 Å². The van der Waals surface area contributed by atoms with Crippen LogP contribution in [0.4, 0.5) is 4.79 Å². The minimum atomic E-state index is -0.212. The Morgan fingerprint density at radius 3 is 2.61 bits per heavy atom. The van der Waals surface area contributed by atoms with Crippen molar-refractivity contribution in [1.29, 1.82) is 0 Å². The molecule has 0 radical (unpaired) electrons. The van der Waals surface area contributed by atoms with Gasteiger partial charge in [0.25, 0.3) is 11.1 Å². The lowest BCUT2D eigenvalue weighted by molar-refractivity contribution is -0.122. The molecule has 1 aromatic carbocycles. The summed E-state index contributed by atoms with van der Waals surface area (Å²) in [6.45, 7) is 6.34. The van der Waals surface area contributed by atoms with Gasteiger partial charge in [0.15, 0.2) is 0 Å². The normalized spacial score (nSPS) is 16.7. The van der Waals surface area contributed by atoms with Gasteiger partial charge < -0.3 is 4.57 Å². The molecule has 3 rings (SSSR count). The summed E-state index contributed by atoms with van der Waals surface area (Å²) in [5.41, 5.74) is 4.33. The first-order chi connectivity index (χ1) is 11.0. The quantitative estimate of drug-likeness (QED) is 0.796. The lowest BCUT2D eigenvalue weighted by atomic mass is 10.1. The largest absolute Gasteiger partial charge is 0.317 e. The zero-order chi connectivity index (χ0) is 16.6. The Morgan fingerprint density at radius 1 is 1.17 bits per heavy atom. The number of rotatable bonds is 3. The third kappa shape index (κ3) is 2.84. The van der Waals surface area contributed by atoms with Gasteiger partial charge in [-0.15, -0.1) is 0 Å². The van der Waals surface area contributed by atoms with Gasteiger partial charge in [0.1, 0.15) is 0 Å². The molecule has 1 aromatic heterocycles. The molecular weight excluding hydrogens is 308 g/mol. The highest BCUT2D eigenvalue weighted by Gasteiger charge is 2.33. The summed E-state index contributed by atoms with van der Waals surface area (Å²) >= 11 is 1.00. The van der Waals surface area contributed by atoms with Crippen molar-refractivity contribution in [2.45, 2.75) is 20.8 Å². The number of hydrogen-bond acceptors (Lipinski definition) is 3. The van der Waals surface area contributed by atoms with Crippen molar-refractivity contribution in [2.75, 3.05) is 6.54 Å². The Kier molecular flexibility index (Phi) is 4.13. The van der Waals surface area contributed by atoms with Gasteiger partial charge in [-0.25, -0.2) is 0 Å². The monoisotopic (exact) mass is 326 g/mol. The van der Waals surface area contributed by atoms with Gasteiger partial charge in [-0.05, 0) is 62.4 Å². The van der Waals surface area contributed by atoms with E-state index in [0.717, 1.165) is 28.7 Å². The Balaban J connectivity index is 2.01. The van der Waals surface area contributed by atoms with Crippen LogP contribution in [0.2, 0.25) is 0 Å². The van der Waals surface area contributed by atoms with Crippen LogP contribution < -0.4 is 0 Å². The molecule has 118 valence electrons. The fourth-order valence-electron chi connectivity index (χ4n) is 2.71. The van der Waals surface area contributed by atoms with Crippen LogP contribution in [0.3, 0.4) is 0 Å². The minimum Gasteiger partial charge on any atom is -0.317 e. The molecule has 2 amide bonds. The molecule has 1 fully saturated rings. The Hall–Kier alpha value is -2.27. The third-order valence-corrected chi connectivity index (χ3v) is 4.77. The fraction of sp³-hybridized carbons (Fsp3) is 0.222. The molecule has 2 heterocycles. The van der Waals surface area contributed by atoms with Gasteiger partial charge in [-0.2, -0.15) is 0 Å². The molecule has 1 aliphatic rings. The number of aromatic nitrogens is 1. The lowest BCUT2D eigenvalue weighted by Gasteiger charge is -2.11. The van der Waals surface area contributed by atoms with E-state index in [2.05, 4.69) is 32.0 Å². The standard InChI is InChI=1S/C18H18N2O2S/c1-4-19-17(21)16(23-18(19)22)11-14-6-5-9-20(14)15-8-7-12(2)10-13(15)3/h5-11H,4H2,1-3H3/b16-11-. The van der Waals surface area contributed by atoms with E-state index in [1.54, 1.807) is 13.0 Å². The number of aryl methyl sites for hydroxylation is 2. The van der Waals surface area contributed by atoms with Gasteiger partial charge in [-0.3, -0.25) is 14.5 Å². The summed E-state index contributed by atoms with van der Waals surface area (Å²) < 4.78 is 2.04. The summed E-state index contributed by atoms with van der Waals surface area (Å²) in [6, 6.07) is 10.1. The van der Waals surface area contributed by atoms with Crippen LogP contribution >= 0.6 is 11.8 Å². The highest BCUT2D eigenvalue weighted by molar-refractivity contribution is 8.18. The minimum absolute atomic E-state index is 0.201. The molecule has 0 N–H and O–H groups in total. The molecule has 0 atom stereocenters. The van der Waals surface area contributed by atoms with Crippen LogP contribution in [0.5, 0.6) is 0 Å². The van der Waals surface area contributed by atoms with E-state index in [4.69, 9.17) is 0 Å². The molecule has 5 heteroatoms. The van der Waals surface area contributed by atoms with E-state index in [1.807, 2.05) is 22.9 Å². The van der Waals surface area contributed by atoms with Crippen molar-refractivity contribution >= 4 is 29.0 Å². The van der Waals surface area contributed by atoms with E-state index in [9.17, 15) is 9.59 Å². The molecule has 0 aliphatic carbocycles. The number of hydrogen-bond donors (Lipinski definition) is 0. The zero-order valence-corrected chi connectivity index (χ0v) is 14.2. The molecule has 1 aliphatic heterocycles. The van der Waals surface area contributed by atoms with Gasteiger partial charge in [0, 0.05) is 24.1 Å². The van der Waals surface area contributed by atoms with E-state index >= 15 is 0 Å². The lowest BCUT2D eigenvalue weighted by Crippen LogP contribution is -2.27. The number of imide groups is 1. The van der Waals surface area contributed by atoms with Gasteiger partial charge in [0.05, 0.1) is 4.91 Å². The first kappa shape index (κ1) is 15.6. The second kappa shape index (κ2) is 6.08. The summed E-state index contributed by atoms with van der Waals surface area (Å²) in [5.74, 6) is -0.212. The number of carbonyl (C=O) groups is 2. The predicted molar refractivity (Wildman–Crippen MR) is 93.6 cm³/mol. The highest BCUT2D eigenvalue weighted by atomic mass is 32.2. The van der Waals surface area contributed by atoms with Crippen molar-refractivity contribution in [2.24, 2.45) is 0 Å². The maximum absolute atomic E-state index is 12.2. The molecule has 1 saturated heterocycles. The Morgan fingerprint density at radius 2 is 1.96 bits per heavy atom. The van der Waals surface area contributed by atoms with E-state index < -0.39 is 0 Å². The average molecular weight is 326 g/mol. The van der Waals surface area contributed by atoms with E-state index in [-0.39, 0.29) is 11.1 Å². The van der Waals surface area contributed by atoms with Crippen molar-refractivity contribution in [1.82, 2.24) is 9.47 Å². The number of nitrogens with zero attached hydrogens (tertiary/aromatic N) is 2. The summed E-state index contributed by atoms with van der Waals surface area (Å²) in [4.78, 5) is 25.8. The van der Waals surface area contributed by atoms with Crippen LogP contribution in [0.1, 0.15) is 23.7 Å². The molecule has 0 saturated carbocycles. The Labute approximate surface area is 139 Å². The van der Waals surface area contributed by atoms with Crippen LogP contribution in [-0.2, 0) is 4.79 Å². The number of carbonyl (C=O) groups excluding carboxylic acids is 2. The van der Waals surface area contributed by atoms with Crippen molar-refractivity contribution < 1.29 is 9.59 Å². The predicted octanol–water partition coefficient (Wildman–Crippen LogP) is 4.15. The molecule has 0 spiro atoms. The first-order valence-electron chi connectivity index (χ1n) is 7.51. The molecule has 23 heavy (non-hydrogen) atoms. The van der Waals surface area contributed by atoms with Crippen LogP contribution in [0.15, 0.2) is 41.4 Å². The SMILES string of the molecule is CCN1C(=O)S/C(=C\c2cccn2-c2ccc(C)cc2C)C1=O. The summed E-state index contributed by atoms with van der Waals surface area (Å²) in [7, 11) is 0. The molecule has 4 nitrogen and oxygen atoms in total. The van der Waals surface area contributed by atoms with Crippen molar-refractivity contribution in [3.05, 3.63) is 58.3 Å². The van der Waals surface area contributed by atoms with Crippen molar-refractivity contribution in [3.63, 3.8) is 0 Å². The summed E-state index contributed by atoms with van der Waals surface area (Å²) in [6.07, 6.45) is 3.76. The van der Waals surface area contributed by atoms with Gasteiger partial charge in [0.2, 0.25) is 0 Å². The van der Waals surface area contributed by atoms with E-state index in [1.165, 1.54) is 10.5 Å². The number of benzene rings is 1. The van der Waals surface area contributed by atoms with Crippen LogP contribution in [-0.4, -0.2) is 27.2 Å². The topological polar surface area (TPSA) is 42.3 Å². The average Bonchev–Trinajstić information content (AvgIpc) is 3.05. The van der Waals surface area contributed by atoms with Gasteiger partial charge in [-0.1, -0.05) is 17.7 Å². The number of likely N-dealkylation sites (N-methyl/N-ethyl adjacent to an activating group) is 1. The molecule has 2 aromatic rings. The second-order valence-corrected chi connectivity index (χ2v) is 6.51. The van der Waals surface area contributed by atoms with E-state index in [0.29, 0.717) is 11.4 Å². The van der Waals surface area contributed by atoms with Crippen LogP contribution in [0.25, 0.3) is 11.8 Å². The van der Waals surface area contributed by atoms with Crippen LogP contribution in [0, 0.1) is 13.8 Å². The fourth-order valence-corrected chi connectivity index (χ4v) is 3.60. The smallest absolute Gasteiger partial charge is 0.293 e. The first-order valence-corrected chi connectivity index (χ1v) is 8.33. The third-order valence-electron chi connectivity index (χ3n) is 3.86. The zero-order valence-electron chi connectivity index (χ0n) is 13.4. The number of amides is 2. The molecular formula is C18H18N2O2S. The Bertz CT molecular complexity index is 820. The highest BCUT2D eigenvalue weighted by Crippen LogP contribution is 2.32. The summed E-state index contributed by atoms with van der Waals surface area (Å²) in [5, 5.41) is -0.201. The molecule has 0 bridgehead atoms. The maximum atomic E-state index is 12.2. The number of thioether (sulfide) groups is 1. The molecule has 0 unspecified atom stereocenters. The van der Waals surface area contributed by atoms with Gasteiger partial charge >= 0.3 is 0 Å². The maximum Gasteiger partial charge on any atom is 0.293 e.